The van der Waals surface area contributed by atoms with Crippen LogP contribution in [0.3, 0.4) is 0 Å². The van der Waals surface area contributed by atoms with Crippen molar-refractivity contribution in [2.45, 2.75) is 19.4 Å². The van der Waals surface area contributed by atoms with Gasteiger partial charge in [-0.25, -0.2) is 4.79 Å². The Morgan fingerprint density at radius 3 is 2.35 bits per heavy atom. The van der Waals surface area contributed by atoms with Crippen molar-refractivity contribution in [3.05, 3.63) is 83.4 Å². The molecule has 0 fully saturated rings. The average Bonchev–Trinajstić information content (AvgIpc) is 2.68. The summed E-state index contributed by atoms with van der Waals surface area (Å²) < 4.78 is 4.86. The molecule has 0 radical (unpaired) electrons. The van der Waals surface area contributed by atoms with Crippen LogP contribution in [0.25, 0.3) is 10.8 Å². The number of aryl methyl sites for hydroxylation is 1. The zero-order valence-electron chi connectivity index (χ0n) is 14.9. The molecule has 26 heavy (non-hydrogen) atoms. The number of hydrogen-bond donors (Lipinski definition) is 1. The van der Waals surface area contributed by atoms with Crippen molar-refractivity contribution in [1.82, 2.24) is 5.32 Å². The van der Waals surface area contributed by atoms with Crippen LogP contribution in [-0.2, 0) is 16.0 Å². The van der Waals surface area contributed by atoms with E-state index in [2.05, 4.69) is 5.32 Å². The quantitative estimate of drug-likeness (QED) is 0.717. The minimum absolute atomic E-state index is 0.293. The number of methoxy groups -OCH3 is 1. The molecule has 1 amide bonds. The molecule has 0 aliphatic carbocycles. The molecule has 0 aliphatic rings. The van der Waals surface area contributed by atoms with Crippen LogP contribution in [0.15, 0.2) is 66.7 Å². The maximum atomic E-state index is 12.6. The molecule has 0 unspecified atom stereocenters. The lowest BCUT2D eigenvalue weighted by molar-refractivity contribution is -0.142. The molecule has 3 aromatic carbocycles. The largest absolute Gasteiger partial charge is 0.467 e. The van der Waals surface area contributed by atoms with Crippen molar-refractivity contribution in [3.8, 4) is 0 Å². The second-order valence-corrected chi connectivity index (χ2v) is 6.30. The number of esters is 1. The van der Waals surface area contributed by atoms with Crippen LogP contribution >= 0.6 is 0 Å². The summed E-state index contributed by atoms with van der Waals surface area (Å²) in [5.41, 5.74) is 2.62. The topological polar surface area (TPSA) is 55.4 Å². The summed E-state index contributed by atoms with van der Waals surface area (Å²) in [5, 5.41) is 4.84. The molecule has 4 heteroatoms. The maximum absolute atomic E-state index is 12.6. The van der Waals surface area contributed by atoms with Gasteiger partial charge in [0.15, 0.2) is 0 Å². The first kappa shape index (κ1) is 17.7. The van der Waals surface area contributed by atoms with Gasteiger partial charge in [-0.1, -0.05) is 60.2 Å². The van der Waals surface area contributed by atoms with Crippen LogP contribution < -0.4 is 5.32 Å². The molecule has 3 aromatic rings. The van der Waals surface area contributed by atoms with Crippen LogP contribution in [-0.4, -0.2) is 25.0 Å². The molecule has 0 spiro atoms. The van der Waals surface area contributed by atoms with Crippen molar-refractivity contribution in [2.24, 2.45) is 0 Å². The van der Waals surface area contributed by atoms with E-state index in [1.807, 2.05) is 67.6 Å². The van der Waals surface area contributed by atoms with Gasteiger partial charge in [0.25, 0.3) is 5.91 Å². The summed E-state index contributed by atoms with van der Waals surface area (Å²) in [6.45, 7) is 2.00. The first-order valence-electron chi connectivity index (χ1n) is 8.50. The minimum Gasteiger partial charge on any atom is -0.467 e. The molecule has 0 heterocycles. The van der Waals surface area contributed by atoms with Gasteiger partial charge in [0.05, 0.1) is 7.11 Å². The number of hydrogen-bond acceptors (Lipinski definition) is 3. The van der Waals surface area contributed by atoms with E-state index in [4.69, 9.17) is 4.74 Å². The fourth-order valence-electron chi connectivity index (χ4n) is 2.87. The predicted molar refractivity (Wildman–Crippen MR) is 102 cm³/mol. The van der Waals surface area contributed by atoms with E-state index < -0.39 is 12.0 Å². The van der Waals surface area contributed by atoms with Crippen LogP contribution in [0.1, 0.15) is 21.5 Å². The normalized spacial score (nSPS) is 11.8. The average molecular weight is 347 g/mol. The zero-order chi connectivity index (χ0) is 18.5. The molecular weight excluding hydrogens is 326 g/mol. The summed E-state index contributed by atoms with van der Waals surface area (Å²) in [4.78, 5) is 24.8. The van der Waals surface area contributed by atoms with Gasteiger partial charge in [0.2, 0.25) is 0 Å². The molecule has 4 nitrogen and oxygen atoms in total. The Hall–Kier alpha value is -3.14. The van der Waals surface area contributed by atoms with E-state index in [1.165, 1.54) is 7.11 Å². The third-order valence-electron chi connectivity index (χ3n) is 4.36. The van der Waals surface area contributed by atoms with Crippen molar-refractivity contribution in [2.75, 3.05) is 7.11 Å². The second-order valence-electron chi connectivity index (χ2n) is 6.30. The molecule has 0 saturated carbocycles. The van der Waals surface area contributed by atoms with Crippen LogP contribution in [0.5, 0.6) is 0 Å². The highest BCUT2D eigenvalue weighted by molar-refractivity contribution is 6.00. The SMILES string of the molecule is COC(=O)[C@H](Cc1ccc(C)cc1)NC(=O)c1ccc2ccccc2c1. The van der Waals surface area contributed by atoms with Crippen molar-refractivity contribution in [3.63, 3.8) is 0 Å². The van der Waals surface area contributed by atoms with Crippen molar-refractivity contribution in [1.29, 1.82) is 0 Å². The Kier molecular flexibility index (Phi) is 5.32. The molecule has 3 rings (SSSR count). The number of carbonyl (C=O) groups is 2. The van der Waals surface area contributed by atoms with Gasteiger partial charge < -0.3 is 10.1 Å². The molecule has 132 valence electrons. The molecule has 0 saturated heterocycles. The molecule has 0 bridgehead atoms. The highest BCUT2D eigenvalue weighted by Crippen LogP contribution is 2.16. The van der Waals surface area contributed by atoms with Crippen LogP contribution in [0.4, 0.5) is 0 Å². The Labute approximate surface area is 152 Å². The highest BCUT2D eigenvalue weighted by Gasteiger charge is 2.22. The molecule has 0 aliphatic heterocycles. The monoisotopic (exact) mass is 347 g/mol. The van der Waals surface area contributed by atoms with Gasteiger partial charge in [-0.2, -0.15) is 0 Å². The molecule has 1 N–H and O–H groups in total. The Balaban J connectivity index is 1.79. The van der Waals surface area contributed by atoms with Gasteiger partial charge >= 0.3 is 5.97 Å². The van der Waals surface area contributed by atoms with E-state index in [-0.39, 0.29) is 5.91 Å². The fourth-order valence-corrected chi connectivity index (χ4v) is 2.87. The summed E-state index contributed by atoms with van der Waals surface area (Å²) in [7, 11) is 1.33. The Morgan fingerprint density at radius 1 is 0.962 bits per heavy atom. The maximum Gasteiger partial charge on any atom is 0.328 e. The minimum atomic E-state index is -0.735. The van der Waals surface area contributed by atoms with Gasteiger partial charge in [0, 0.05) is 12.0 Å². The van der Waals surface area contributed by atoms with Gasteiger partial charge in [-0.3, -0.25) is 4.79 Å². The summed E-state index contributed by atoms with van der Waals surface area (Å²) >= 11 is 0. The third kappa shape index (κ3) is 4.09. The number of carbonyl (C=O) groups excluding carboxylic acids is 2. The van der Waals surface area contributed by atoms with Crippen LogP contribution in [0.2, 0.25) is 0 Å². The van der Waals surface area contributed by atoms with Crippen molar-refractivity contribution < 1.29 is 14.3 Å². The number of benzene rings is 3. The lowest BCUT2D eigenvalue weighted by Gasteiger charge is -2.17. The van der Waals surface area contributed by atoms with Gasteiger partial charge in [-0.15, -0.1) is 0 Å². The Morgan fingerprint density at radius 2 is 1.65 bits per heavy atom. The molecule has 1 atom stereocenters. The number of nitrogens with one attached hydrogen (secondary N) is 1. The first-order valence-corrected chi connectivity index (χ1v) is 8.50. The third-order valence-corrected chi connectivity index (χ3v) is 4.36. The Bertz CT molecular complexity index is 932. The summed E-state index contributed by atoms with van der Waals surface area (Å²) in [6.07, 6.45) is 0.381. The van der Waals surface area contributed by atoms with Gasteiger partial charge in [-0.05, 0) is 35.4 Å². The molecular formula is C22H21NO3. The highest BCUT2D eigenvalue weighted by atomic mass is 16.5. The lowest BCUT2D eigenvalue weighted by atomic mass is 10.0. The lowest BCUT2D eigenvalue weighted by Crippen LogP contribution is -2.43. The number of rotatable bonds is 5. The van der Waals surface area contributed by atoms with E-state index in [0.29, 0.717) is 12.0 Å². The fraction of sp³-hybridized carbons (Fsp3) is 0.182. The number of fused-ring (bicyclic) bond motifs is 1. The van der Waals surface area contributed by atoms with Gasteiger partial charge in [0.1, 0.15) is 6.04 Å². The smallest absolute Gasteiger partial charge is 0.328 e. The van der Waals surface area contributed by atoms with Crippen LogP contribution in [0, 0.1) is 6.92 Å². The molecule has 0 aromatic heterocycles. The summed E-state index contributed by atoms with van der Waals surface area (Å²) in [5.74, 6) is -0.752. The number of ether oxygens (including phenoxy) is 1. The van der Waals surface area contributed by atoms with E-state index >= 15 is 0 Å². The van der Waals surface area contributed by atoms with E-state index in [9.17, 15) is 9.59 Å². The van der Waals surface area contributed by atoms with E-state index in [0.717, 1.165) is 21.9 Å². The van der Waals surface area contributed by atoms with Crippen molar-refractivity contribution >= 4 is 22.6 Å². The van der Waals surface area contributed by atoms with E-state index in [1.54, 1.807) is 6.07 Å². The summed E-state index contributed by atoms with van der Waals surface area (Å²) in [6, 6.07) is 20.4. The zero-order valence-corrected chi connectivity index (χ0v) is 14.9. The standard InChI is InChI=1S/C22H21NO3/c1-15-7-9-16(10-8-15)13-20(22(25)26-2)23-21(24)19-12-11-17-5-3-4-6-18(17)14-19/h3-12,14,20H,13H2,1-2H3,(H,23,24)/t20-/m0/s1. The number of amides is 1. The first-order chi connectivity index (χ1) is 12.6. The second kappa shape index (κ2) is 7.83. The predicted octanol–water partition coefficient (Wildman–Crippen LogP) is 3.66.